The Morgan fingerprint density at radius 1 is 1.06 bits per heavy atom. The van der Waals surface area contributed by atoms with Crippen molar-refractivity contribution in [3.63, 3.8) is 0 Å². The zero-order valence-corrected chi connectivity index (χ0v) is 11.9. The second kappa shape index (κ2) is 5.68. The first-order valence-electron chi connectivity index (χ1n) is 7.27. The van der Waals surface area contributed by atoms with E-state index in [0.29, 0.717) is 6.04 Å². The Kier molecular flexibility index (Phi) is 4.45. The zero-order valence-electron chi connectivity index (χ0n) is 11.9. The first-order valence-corrected chi connectivity index (χ1v) is 7.27. The minimum atomic E-state index is 0.598. The van der Waals surface area contributed by atoms with Crippen molar-refractivity contribution in [2.75, 3.05) is 26.3 Å². The predicted molar refractivity (Wildman–Crippen MR) is 73.1 cm³/mol. The molecule has 0 aromatic carbocycles. The molecule has 2 bridgehead atoms. The van der Waals surface area contributed by atoms with Crippen LogP contribution in [0.3, 0.4) is 0 Å². The minimum absolute atomic E-state index is 0.598. The highest BCUT2D eigenvalue weighted by Crippen LogP contribution is 2.30. The first kappa shape index (κ1) is 13.3. The fourth-order valence-corrected chi connectivity index (χ4v) is 3.24. The van der Waals surface area contributed by atoms with Crippen molar-refractivity contribution >= 4 is 0 Å². The molecule has 0 unspecified atom stereocenters. The third kappa shape index (κ3) is 3.43. The van der Waals surface area contributed by atoms with E-state index in [0.717, 1.165) is 24.7 Å². The number of fused-ring (bicyclic) bond motifs is 2. The Bertz CT molecular complexity index is 226. The minimum Gasteiger partial charge on any atom is -0.302 e. The zero-order chi connectivity index (χ0) is 12.4. The Labute approximate surface area is 107 Å². The van der Waals surface area contributed by atoms with E-state index in [-0.39, 0.29) is 0 Å². The lowest BCUT2D eigenvalue weighted by Crippen LogP contribution is -2.56. The first-order chi connectivity index (χ1) is 8.06. The Hall–Kier alpha value is -0.120. The van der Waals surface area contributed by atoms with Gasteiger partial charge in [0.2, 0.25) is 0 Å². The van der Waals surface area contributed by atoms with Gasteiger partial charge in [-0.25, -0.2) is 0 Å². The van der Waals surface area contributed by atoms with E-state index in [1.165, 1.54) is 32.5 Å². The predicted octanol–water partition coefficient (Wildman–Crippen LogP) is 1.75. The molecule has 2 fully saturated rings. The lowest BCUT2D eigenvalue weighted by Gasteiger charge is -2.42. The lowest BCUT2D eigenvalue weighted by atomic mass is 10.1. The molecule has 2 atom stereocenters. The van der Waals surface area contributed by atoms with Crippen molar-refractivity contribution in [1.82, 2.24) is 15.1 Å². The topological polar surface area (TPSA) is 18.5 Å². The fraction of sp³-hybridized carbons (Fsp3) is 1.00. The lowest BCUT2D eigenvalue weighted by molar-refractivity contribution is 0.0525. The number of hydrogen-bond acceptors (Lipinski definition) is 3. The van der Waals surface area contributed by atoms with E-state index in [9.17, 15) is 0 Å². The van der Waals surface area contributed by atoms with Crippen LogP contribution in [0.5, 0.6) is 0 Å². The number of piperazine rings is 1. The maximum absolute atomic E-state index is 3.55. The van der Waals surface area contributed by atoms with Crippen LogP contribution in [0, 0.1) is 5.92 Å². The summed E-state index contributed by atoms with van der Waals surface area (Å²) < 4.78 is 0. The quantitative estimate of drug-likeness (QED) is 0.788. The number of likely N-dealkylation sites (tertiary alicyclic amines) is 1. The average Bonchev–Trinajstić information content (AvgIpc) is 2.50. The normalized spacial score (nSPS) is 30.7. The molecule has 0 aliphatic carbocycles. The van der Waals surface area contributed by atoms with E-state index in [1.807, 2.05) is 0 Å². The molecule has 0 amide bonds. The number of nitrogens with zero attached hydrogens (tertiary/aromatic N) is 2. The second-order valence-corrected chi connectivity index (χ2v) is 6.53. The fourth-order valence-electron chi connectivity index (χ4n) is 3.24. The monoisotopic (exact) mass is 239 g/mol. The van der Waals surface area contributed by atoms with Gasteiger partial charge in [0.1, 0.15) is 0 Å². The van der Waals surface area contributed by atoms with E-state index >= 15 is 0 Å². The van der Waals surface area contributed by atoms with Crippen molar-refractivity contribution in [3.8, 4) is 0 Å². The SMILES string of the molecule is CC(C)CN1[C@@H]2CC[C@H]1CN(CNC(C)C)C2. The van der Waals surface area contributed by atoms with Crippen LogP contribution in [0.4, 0.5) is 0 Å². The largest absolute Gasteiger partial charge is 0.302 e. The molecule has 3 heteroatoms. The van der Waals surface area contributed by atoms with Crippen molar-refractivity contribution in [2.45, 2.75) is 58.7 Å². The maximum Gasteiger partial charge on any atom is 0.0483 e. The van der Waals surface area contributed by atoms with Crippen molar-refractivity contribution in [1.29, 1.82) is 0 Å². The van der Waals surface area contributed by atoms with Gasteiger partial charge in [0.15, 0.2) is 0 Å². The molecule has 1 N–H and O–H groups in total. The van der Waals surface area contributed by atoms with Gasteiger partial charge in [-0.05, 0) is 32.6 Å². The molecule has 100 valence electrons. The molecular weight excluding hydrogens is 210 g/mol. The smallest absolute Gasteiger partial charge is 0.0483 e. The highest BCUT2D eigenvalue weighted by atomic mass is 15.3. The molecule has 3 nitrogen and oxygen atoms in total. The van der Waals surface area contributed by atoms with Crippen LogP contribution in [0.2, 0.25) is 0 Å². The molecule has 17 heavy (non-hydrogen) atoms. The van der Waals surface area contributed by atoms with Crippen LogP contribution >= 0.6 is 0 Å². The summed E-state index contributed by atoms with van der Waals surface area (Å²) in [4.78, 5) is 5.38. The second-order valence-electron chi connectivity index (χ2n) is 6.53. The summed E-state index contributed by atoms with van der Waals surface area (Å²) in [5, 5.41) is 3.55. The standard InChI is InChI=1S/C14H29N3/c1-11(2)7-17-13-5-6-14(17)9-16(8-13)10-15-12(3)4/h11-15H,5-10H2,1-4H3/t13-,14+. The van der Waals surface area contributed by atoms with Gasteiger partial charge in [-0.15, -0.1) is 0 Å². The molecule has 0 spiro atoms. The van der Waals surface area contributed by atoms with Crippen molar-refractivity contribution in [2.24, 2.45) is 5.92 Å². The van der Waals surface area contributed by atoms with Gasteiger partial charge in [0.05, 0.1) is 0 Å². The Balaban J connectivity index is 1.83. The summed E-state index contributed by atoms with van der Waals surface area (Å²) in [7, 11) is 0. The average molecular weight is 239 g/mol. The summed E-state index contributed by atoms with van der Waals surface area (Å²) in [6.45, 7) is 14.0. The van der Waals surface area contributed by atoms with Crippen LogP contribution in [0.15, 0.2) is 0 Å². The van der Waals surface area contributed by atoms with Crippen molar-refractivity contribution < 1.29 is 0 Å². The maximum atomic E-state index is 3.55. The highest BCUT2D eigenvalue weighted by molar-refractivity contribution is 4.95. The molecule has 0 radical (unpaired) electrons. The molecule has 2 heterocycles. The summed E-state index contributed by atoms with van der Waals surface area (Å²) in [6.07, 6.45) is 2.82. The number of nitrogens with one attached hydrogen (secondary N) is 1. The summed E-state index contributed by atoms with van der Waals surface area (Å²) in [6, 6.07) is 2.25. The van der Waals surface area contributed by atoms with Gasteiger partial charge >= 0.3 is 0 Å². The molecule has 2 saturated heterocycles. The molecule has 0 aromatic heterocycles. The summed E-state index contributed by atoms with van der Waals surface area (Å²) >= 11 is 0. The van der Waals surface area contributed by atoms with Gasteiger partial charge in [0, 0.05) is 44.4 Å². The summed E-state index contributed by atoms with van der Waals surface area (Å²) in [5.41, 5.74) is 0. The number of hydrogen-bond donors (Lipinski definition) is 1. The van der Waals surface area contributed by atoms with E-state index < -0.39 is 0 Å². The van der Waals surface area contributed by atoms with Gasteiger partial charge in [-0.1, -0.05) is 13.8 Å². The molecule has 0 saturated carbocycles. The van der Waals surface area contributed by atoms with E-state index in [2.05, 4.69) is 42.8 Å². The Morgan fingerprint density at radius 2 is 1.65 bits per heavy atom. The van der Waals surface area contributed by atoms with Crippen LogP contribution in [-0.2, 0) is 0 Å². The van der Waals surface area contributed by atoms with Crippen LogP contribution < -0.4 is 5.32 Å². The van der Waals surface area contributed by atoms with E-state index in [1.54, 1.807) is 0 Å². The van der Waals surface area contributed by atoms with E-state index in [4.69, 9.17) is 0 Å². The molecular formula is C14H29N3. The number of rotatable bonds is 5. The van der Waals surface area contributed by atoms with Gasteiger partial charge < -0.3 is 5.32 Å². The third-order valence-corrected chi connectivity index (χ3v) is 4.01. The van der Waals surface area contributed by atoms with Gasteiger partial charge in [0.25, 0.3) is 0 Å². The molecule has 0 aromatic rings. The molecule has 2 rings (SSSR count). The summed E-state index contributed by atoms with van der Waals surface area (Å²) in [5.74, 6) is 0.804. The molecule has 2 aliphatic heterocycles. The van der Waals surface area contributed by atoms with Crippen LogP contribution in [0.1, 0.15) is 40.5 Å². The highest BCUT2D eigenvalue weighted by Gasteiger charge is 2.39. The van der Waals surface area contributed by atoms with Gasteiger partial charge in [-0.2, -0.15) is 0 Å². The molecule has 2 aliphatic rings. The van der Waals surface area contributed by atoms with Gasteiger partial charge in [-0.3, -0.25) is 9.80 Å². The van der Waals surface area contributed by atoms with Crippen molar-refractivity contribution in [3.05, 3.63) is 0 Å². The van der Waals surface area contributed by atoms with Crippen LogP contribution in [0.25, 0.3) is 0 Å². The third-order valence-electron chi connectivity index (χ3n) is 4.01. The Morgan fingerprint density at radius 3 is 2.12 bits per heavy atom. The van der Waals surface area contributed by atoms with Crippen LogP contribution in [-0.4, -0.2) is 54.2 Å².